The molecule has 2 atom stereocenters. The maximum atomic E-state index is 12.3. The highest BCUT2D eigenvalue weighted by molar-refractivity contribution is 5.85. The molecule has 2 aliphatic heterocycles. The van der Waals surface area contributed by atoms with Gasteiger partial charge in [0.1, 0.15) is 6.10 Å². The van der Waals surface area contributed by atoms with E-state index in [1.54, 1.807) is 0 Å². The number of amides is 1. The number of carbonyl (C=O) groups excluding carboxylic acids is 1. The second-order valence-corrected chi connectivity index (χ2v) is 5.71. The van der Waals surface area contributed by atoms with Crippen molar-refractivity contribution in [3.05, 3.63) is 0 Å². The van der Waals surface area contributed by atoms with Gasteiger partial charge in [-0.15, -0.1) is 24.8 Å². The van der Waals surface area contributed by atoms with Crippen LogP contribution in [0.2, 0.25) is 0 Å². The Hall–Kier alpha value is -0.0700. The summed E-state index contributed by atoms with van der Waals surface area (Å²) in [7, 11) is 0. The van der Waals surface area contributed by atoms with Gasteiger partial charge in [0.25, 0.3) is 5.91 Å². The number of likely N-dealkylation sites (tertiary alicyclic amines) is 1. The number of morpholine rings is 1. The largest absolute Gasteiger partial charge is 0.366 e. The minimum absolute atomic E-state index is 0. The van der Waals surface area contributed by atoms with Crippen LogP contribution in [0.1, 0.15) is 20.3 Å². The van der Waals surface area contributed by atoms with Crippen molar-refractivity contribution in [2.45, 2.75) is 32.4 Å². The van der Waals surface area contributed by atoms with Crippen LogP contribution in [0, 0.1) is 5.41 Å². The summed E-state index contributed by atoms with van der Waals surface area (Å²) in [5.74, 6) is 0.108. The molecule has 2 rings (SSSR count). The average molecular weight is 314 g/mol. The van der Waals surface area contributed by atoms with Gasteiger partial charge < -0.3 is 20.7 Å². The van der Waals surface area contributed by atoms with Crippen LogP contribution in [0.4, 0.5) is 0 Å². The number of halogens is 2. The van der Waals surface area contributed by atoms with Crippen LogP contribution in [0.15, 0.2) is 0 Å². The predicted molar refractivity (Wildman–Crippen MR) is 80.1 cm³/mol. The molecule has 0 bridgehead atoms. The highest BCUT2D eigenvalue weighted by atomic mass is 35.5. The smallest absolute Gasteiger partial charge is 0.253 e. The van der Waals surface area contributed by atoms with Gasteiger partial charge in [-0.25, -0.2) is 0 Å². The number of piperidine rings is 1. The quantitative estimate of drug-likeness (QED) is 0.735. The Morgan fingerprint density at radius 3 is 2.63 bits per heavy atom. The lowest BCUT2D eigenvalue weighted by Gasteiger charge is -2.43. The summed E-state index contributed by atoms with van der Waals surface area (Å²) in [6, 6.07) is 0.178. The van der Waals surface area contributed by atoms with Crippen LogP contribution in [-0.4, -0.2) is 55.7 Å². The van der Waals surface area contributed by atoms with Crippen molar-refractivity contribution in [2.24, 2.45) is 11.1 Å². The summed E-state index contributed by atoms with van der Waals surface area (Å²) in [4.78, 5) is 14.2. The molecule has 5 nitrogen and oxygen atoms in total. The maximum Gasteiger partial charge on any atom is 0.253 e. The van der Waals surface area contributed by atoms with Gasteiger partial charge >= 0.3 is 0 Å². The van der Waals surface area contributed by atoms with Crippen LogP contribution in [-0.2, 0) is 9.53 Å². The maximum absolute atomic E-state index is 12.3. The standard InChI is InChI=1S/C12H23N3O2.2ClH/c1-12(2)8-15(5-3-10(12)13)11(16)9-7-14-4-6-17-9;;/h9-10,14H,3-8,13H2,1-2H3;2*1H/t9-,10?;;/m1../s1. The molecule has 0 aromatic rings. The first-order chi connectivity index (χ1) is 8.00. The second-order valence-electron chi connectivity index (χ2n) is 5.71. The van der Waals surface area contributed by atoms with E-state index in [4.69, 9.17) is 10.5 Å². The molecule has 0 aliphatic carbocycles. The zero-order chi connectivity index (χ0) is 12.5. The number of nitrogens with zero attached hydrogens (tertiary/aromatic N) is 1. The first kappa shape index (κ1) is 18.9. The molecule has 0 aromatic heterocycles. The van der Waals surface area contributed by atoms with E-state index >= 15 is 0 Å². The van der Waals surface area contributed by atoms with Gasteiger partial charge in [0, 0.05) is 32.2 Å². The SMILES string of the molecule is CC1(C)CN(C(=O)[C@H]2CNCCO2)CCC1N.Cl.Cl. The summed E-state index contributed by atoms with van der Waals surface area (Å²) in [6.45, 7) is 7.80. The topological polar surface area (TPSA) is 67.6 Å². The van der Waals surface area contributed by atoms with E-state index in [1.807, 2.05) is 4.90 Å². The van der Waals surface area contributed by atoms with Crippen LogP contribution in [0.5, 0.6) is 0 Å². The third-order valence-corrected chi connectivity index (χ3v) is 3.83. The van der Waals surface area contributed by atoms with Crippen molar-refractivity contribution in [3.8, 4) is 0 Å². The van der Waals surface area contributed by atoms with E-state index < -0.39 is 0 Å². The molecule has 2 aliphatic rings. The zero-order valence-electron chi connectivity index (χ0n) is 11.6. The van der Waals surface area contributed by atoms with Gasteiger partial charge in [-0.2, -0.15) is 0 Å². The van der Waals surface area contributed by atoms with Crippen molar-refractivity contribution in [2.75, 3.05) is 32.8 Å². The summed E-state index contributed by atoms with van der Waals surface area (Å²) in [5, 5.41) is 3.19. The number of hydrogen-bond acceptors (Lipinski definition) is 4. The van der Waals surface area contributed by atoms with E-state index in [-0.39, 0.29) is 48.3 Å². The lowest BCUT2D eigenvalue weighted by Crippen LogP contribution is -2.58. The van der Waals surface area contributed by atoms with Crippen molar-refractivity contribution >= 4 is 30.7 Å². The lowest BCUT2D eigenvalue weighted by molar-refractivity contribution is -0.148. The molecule has 2 fully saturated rings. The Morgan fingerprint density at radius 1 is 1.42 bits per heavy atom. The third-order valence-electron chi connectivity index (χ3n) is 3.83. The van der Waals surface area contributed by atoms with E-state index in [0.29, 0.717) is 13.2 Å². The van der Waals surface area contributed by atoms with E-state index in [2.05, 4.69) is 19.2 Å². The van der Waals surface area contributed by atoms with Gasteiger partial charge in [0.15, 0.2) is 0 Å². The van der Waals surface area contributed by atoms with E-state index in [1.165, 1.54) is 0 Å². The number of carbonyl (C=O) groups is 1. The third kappa shape index (κ3) is 4.46. The van der Waals surface area contributed by atoms with Crippen LogP contribution >= 0.6 is 24.8 Å². The van der Waals surface area contributed by atoms with E-state index in [9.17, 15) is 4.79 Å². The zero-order valence-corrected chi connectivity index (χ0v) is 13.2. The number of nitrogens with one attached hydrogen (secondary N) is 1. The molecule has 0 aromatic carbocycles. The van der Waals surface area contributed by atoms with E-state index in [0.717, 1.165) is 26.1 Å². The Balaban J connectivity index is 0.00000162. The fourth-order valence-corrected chi connectivity index (χ4v) is 2.49. The normalized spacial score (nSPS) is 29.9. The molecule has 2 heterocycles. The highest BCUT2D eigenvalue weighted by Gasteiger charge is 2.37. The molecule has 1 amide bonds. The van der Waals surface area contributed by atoms with Gasteiger partial charge in [-0.3, -0.25) is 4.79 Å². The molecular formula is C12H25Cl2N3O2. The Morgan fingerprint density at radius 2 is 2.11 bits per heavy atom. The first-order valence-electron chi connectivity index (χ1n) is 6.37. The summed E-state index contributed by atoms with van der Waals surface area (Å²) in [6.07, 6.45) is 0.563. The lowest BCUT2D eigenvalue weighted by atomic mass is 9.79. The molecular weight excluding hydrogens is 289 g/mol. The molecule has 19 heavy (non-hydrogen) atoms. The van der Waals surface area contributed by atoms with Gasteiger partial charge in [-0.05, 0) is 11.8 Å². The van der Waals surface area contributed by atoms with Gasteiger partial charge in [0.05, 0.1) is 6.61 Å². The highest BCUT2D eigenvalue weighted by Crippen LogP contribution is 2.28. The molecule has 0 spiro atoms. The Bertz CT molecular complexity index is 297. The molecule has 1 unspecified atom stereocenters. The number of hydrogen-bond donors (Lipinski definition) is 2. The summed E-state index contributed by atoms with van der Waals surface area (Å²) >= 11 is 0. The molecule has 2 saturated heterocycles. The van der Waals surface area contributed by atoms with Crippen molar-refractivity contribution in [1.82, 2.24) is 10.2 Å². The second kappa shape index (κ2) is 7.64. The predicted octanol–water partition coefficient (Wildman–Crippen LogP) is 0.404. The van der Waals surface area contributed by atoms with Crippen molar-refractivity contribution < 1.29 is 9.53 Å². The molecule has 0 radical (unpaired) electrons. The molecule has 114 valence electrons. The van der Waals surface area contributed by atoms with Crippen LogP contribution < -0.4 is 11.1 Å². The number of nitrogens with two attached hydrogens (primary N) is 1. The van der Waals surface area contributed by atoms with Crippen LogP contribution in [0.3, 0.4) is 0 Å². The Kier molecular flexibility index (Phi) is 7.62. The van der Waals surface area contributed by atoms with Crippen molar-refractivity contribution in [3.63, 3.8) is 0 Å². The molecule has 7 heteroatoms. The first-order valence-corrected chi connectivity index (χ1v) is 6.37. The van der Waals surface area contributed by atoms with Crippen LogP contribution in [0.25, 0.3) is 0 Å². The van der Waals surface area contributed by atoms with Crippen molar-refractivity contribution in [1.29, 1.82) is 0 Å². The number of rotatable bonds is 1. The molecule has 3 N–H and O–H groups in total. The summed E-state index contributed by atoms with van der Waals surface area (Å²) < 4.78 is 5.50. The fraction of sp³-hybridized carbons (Fsp3) is 0.917. The summed E-state index contributed by atoms with van der Waals surface area (Å²) in [5.41, 5.74) is 6.07. The van der Waals surface area contributed by atoms with Gasteiger partial charge in [0.2, 0.25) is 0 Å². The monoisotopic (exact) mass is 313 g/mol. The Labute approximate surface area is 127 Å². The number of ether oxygens (including phenoxy) is 1. The molecule has 0 saturated carbocycles. The average Bonchev–Trinajstić information content (AvgIpc) is 2.33. The minimum Gasteiger partial charge on any atom is -0.366 e. The fourth-order valence-electron chi connectivity index (χ4n) is 2.49. The minimum atomic E-state index is -0.311. The van der Waals surface area contributed by atoms with Gasteiger partial charge in [-0.1, -0.05) is 13.8 Å².